The SMILES string of the molecule is CCOC(=O)C(C)(CN)Cc1cccc(N)c1. The number of esters is 1. The Morgan fingerprint density at radius 3 is 2.71 bits per heavy atom. The van der Waals surface area contributed by atoms with E-state index in [1.54, 1.807) is 6.92 Å². The number of nitrogens with two attached hydrogens (primary N) is 2. The zero-order valence-electron chi connectivity index (χ0n) is 10.4. The van der Waals surface area contributed by atoms with Crippen molar-refractivity contribution in [2.24, 2.45) is 11.1 Å². The minimum Gasteiger partial charge on any atom is -0.466 e. The molecule has 1 atom stereocenters. The summed E-state index contributed by atoms with van der Waals surface area (Å²) in [6.45, 7) is 4.22. The molecule has 17 heavy (non-hydrogen) atoms. The van der Waals surface area contributed by atoms with E-state index in [2.05, 4.69) is 0 Å². The van der Waals surface area contributed by atoms with Crippen molar-refractivity contribution in [1.82, 2.24) is 0 Å². The highest BCUT2D eigenvalue weighted by molar-refractivity contribution is 5.77. The van der Waals surface area contributed by atoms with Gasteiger partial charge in [0.2, 0.25) is 0 Å². The number of ether oxygens (including phenoxy) is 1. The van der Waals surface area contributed by atoms with E-state index in [1.165, 1.54) is 0 Å². The molecule has 0 aliphatic rings. The first-order chi connectivity index (χ1) is 8.01. The van der Waals surface area contributed by atoms with Gasteiger partial charge in [0.1, 0.15) is 0 Å². The van der Waals surface area contributed by atoms with Gasteiger partial charge in [0.15, 0.2) is 0 Å². The van der Waals surface area contributed by atoms with Crippen molar-refractivity contribution < 1.29 is 9.53 Å². The number of nitrogen functional groups attached to an aromatic ring is 1. The zero-order chi connectivity index (χ0) is 12.9. The molecule has 1 rings (SSSR count). The van der Waals surface area contributed by atoms with E-state index in [4.69, 9.17) is 16.2 Å². The van der Waals surface area contributed by atoms with E-state index in [0.29, 0.717) is 18.7 Å². The zero-order valence-corrected chi connectivity index (χ0v) is 10.4. The molecule has 0 bridgehead atoms. The van der Waals surface area contributed by atoms with Crippen LogP contribution in [-0.4, -0.2) is 19.1 Å². The highest BCUT2D eigenvalue weighted by Gasteiger charge is 2.33. The normalized spacial score (nSPS) is 14.1. The molecule has 0 radical (unpaired) electrons. The van der Waals surface area contributed by atoms with Crippen LogP contribution in [0.2, 0.25) is 0 Å². The number of carbonyl (C=O) groups excluding carboxylic acids is 1. The van der Waals surface area contributed by atoms with Crippen LogP contribution >= 0.6 is 0 Å². The van der Waals surface area contributed by atoms with E-state index in [1.807, 2.05) is 31.2 Å². The number of hydrogen-bond acceptors (Lipinski definition) is 4. The van der Waals surface area contributed by atoms with Gasteiger partial charge in [0, 0.05) is 12.2 Å². The fourth-order valence-corrected chi connectivity index (χ4v) is 1.69. The maximum absolute atomic E-state index is 11.9. The molecular formula is C13H20N2O2. The third-order valence-electron chi connectivity index (χ3n) is 2.76. The van der Waals surface area contributed by atoms with Crippen LogP contribution in [-0.2, 0) is 16.0 Å². The Bertz CT molecular complexity index is 393. The van der Waals surface area contributed by atoms with Gasteiger partial charge in [0.25, 0.3) is 0 Å². The standard InChI is InChI=1S/C13H20N2O2/c1-3-17-12(16)13(2,9-14)8-10-5-4-6-11(15)7-10/h4-7H,3,8-9,14-15H2,1-2H3. The fourth-order valence-electron chi connectivity index (χ4n) is 1.69. The van der Waals surface area contributed by atoms with Gasteiger partial charge in [-0.2, -0.15) is 0 Å². The minimum atomic E-state index is -0.691. The molecule has 0 fully saturated rings. The average Bonchev–Trinajstić information content (AvgIpc) is 2.29. The van der Waals surface area contributed by atoms with E-state index in [9.17, 15) is 4.79 Å². The van der Waals surface area contributed by atoms with E-state index in [0.717, 1.165) is 5.56 Å². The third kappa shape index (κ3) is 3.46. The molecular weight excluding hydrogens is 216 g/mol. The molecule has 94 valence electrons. The first kappa shape index (κ1) is 13.5. The Labute approximate surface area is 102 Å². The number of hydrogen-bond donors (Lipinski definition) is 2. The van der Waals surface area contributed by atoms with Crippen LogP contribution in [0.25, 0.3) is 0 Å². The Morgan fingerprint density at radius 2 is 2.18 bits per heavy atom. The fraction of sp³-hybridized carbons (Fsp3) is 0.462. The second kappa shape index (κ2) is 5.68. The molecule has 4 heteroatoms. The van der Waals surface area contributed by atoms with Crippen molar-refractivity contribution in [3.63, 3.8) is 0 Å². The Morgan fingerprint density at radius 1 is 1.47 bits per heavy atom. The monoisotopic (exact) mass is 236 g/mol. The van der Waals surface area contributed by atoms with Gasteiger partial charge in [-0.25, -0.2) is 0 Å². The average molecular weight is 236 g/mol. The molecule has 0 saturated carbocycles. The molecule has 4 nitrogen and oxygen atoms in total. The summed E-state index contributed by atoms with van der Waals surface area (Å²) in [5, 5.41) is 0. The van der Waals surface area contributed by atoms with Gasteiger partial charge in [-0.1, -0.05) is 12.1 Å². The van der Waals surface area contributed by atoms with Crippen LogP contribution in [0, 0.1) is 5.41 Å². The maximum atomic E-state index is 11.9. The van der Waals surface area contributed by atoms with Gasteiger partial charge in [-0.05, 0) is 38.0 Å². The quantitative estimate of drug-likeness (QED) is 0.597. The van der Waals surface area contributed by atoms with Gasteiger partial charge < -0.3 is 16.2 Å². The predicted molar refractivity (Wildman–Crippen MR) is 68.4 cm³/mol. The predicted octanol–water partition coefficient (Wildman–Crippen LogP) is 1.34. The molecule has 1 unspecified atom stereocenters. The maximum Gasteiger partial charge on any atom is 0.313 e. The van der Waals surface area contributed by atoms with Crippen molar-refractivity contribution in [2.45, 2.75) is 20.3 Å². The van der Waals surface area contributed by atoms with Crippen LogP contribution in [0.1, 0.15) is 19.4 Å². The smallest absolute Gasteiger partial charge is 0.313 e. The highest BCUT2D eigenvalue weighted by atomic mass is 16.5. The van der Waals surface area contributed by atoms with Crippen LogP contribution in [0.3, 0.4) is 0 Å². The molecule has 1 aromatic carbocycles. The number of rotatable bonds is 5. The number of carbonyl (C=O) groups is 1. The first-order valence-electron chi connectivity index (χ1n) is 5.73. The lowest BCUT2D eigenvalue weighted by atomic mass is 9.83. The molecule has 0 aliphatic carbocycles. The molecule has 0 saturated heterocycles. The topological polar surface area (TPSA) is 78.3 Å². The lowest BCUT2D eigenvalue weighted by Crippen LogP contribution is -2.39. The van der Waals surface area contributed by atoms with Gasteiger partial charge in [-0.15, -0.1) is 0 Å². The third-order valence-corrected chi connectivity index (χ3v) is 2.76. The lowest BCUT2D eigenvalue weighted by molar-refractivity contribution is -0.153. The summed E-state index contributed by atoms with van der Waals surface area (Å²) in [6, 6.07) is 7.47. The summed E-state index contributed by atoms with van der Waals surface area (Å²) >= 11 is 0. The molecule has 0 aliphatic heterocycles. The van der Waals surface area contributed by atoms with Crippen LogP contribution in [0.5, 0.6) is 0 Å². The highest BCUT2D eigenvalue weighted by Crippen LogP contribution is 2.24. The molecule has 0 amide bonds. The second-order valence-electron chi connectivity index (χ2n) is 4.41. The summed E-state index contributed by atoms with van der Waals surface area (Å²) in [5.74, 6) is -0.259. The van der Waals surface area contributed by atoms with Crippen LogP contribution in [0.4, 0.5) is 5.69 Å². The van der Waals surface area contributed by atoms with Gasteiger partial charge in [-0.3, -0.25) is 4.79 Å². The summed E-state index contributed by atoms with van der Waals surface area (Å²) < 4.78 is 5.05. The van der Waals surface area contributed by atoms with E-state index in [-0.39, 0.29) is 12.5 Å². The molecule has 4 N–H and O–H groups in total. The number of benzene rings is 1. The van der Waals surface area contributed by atoms with Crippen molar-refractivity contribution in [1.29, 1.82) is 0 Å². The summed E-state index contributed by atoms with van der Waals surface area (Å²) in [5.41, 5.74) is 12.4. The largest absolute Gasteiger partial charge is 0.466 e. The van der Waals surface area contributed by atoms with Crippen molar-refractivity contribution in [3.8, 4) is 0 Å². The summed E-state index contributed by atoms with van der Waals surface area (Å²) in [6.07, 6.45) is 0.535. The molecule has 1 aromatic rings. The van der Waals surface area contributed by atoms with E-state index < -0.39 is 5.41 Å². The van der Waals surface area contributed by atoms with Crippen LogP contribution in [0.15, 0.2) is 24.3 Å². The van der Waals surface area contributed by atoms with Gasteiger partial charge in [0.05, 0.1) is 12.0 Å². The van der Waals surface area contributed by atoms with Crippen LogP contribution < -0.4 is 11.5 Å². The second-order valence-corrected chi connectivity index (χ2v) is 4.41. The molecule has 0 aromatic heterocycles. The summed E-state index contributed by atoms with van der Waals surface area (Å²) in [7, 11) is 0. The molecule has 0 heterocycles. The van der Waals surface area contributed by atoms with Gasteiger partial charge >= 0.3 is 5.97 Å². The summed E-state index contributed by atoms with van der Waals surface area (Å²) in [4.78, 5) is 11.9. The molecule has 0 spiro atoms. The first-order valence-corrected chi connectivity index (χ1v) is 5.73. The van der Waals surface area contributed by atoms with Crippen molar-refractivity contribution >= 4 is 11.7 Å². The number of anilines is 1. The lowest BCUT2D eigenvalue weighted by Gasteiger charge is -2.25. The Balaban J connectivity index is 2.85. The van der Waals surface area contributed by atoms with E-state index >= 15 is 0 Å². The Hall–Kier alpha value is -1.55. The minimum absolute atomic E-state index is 0.251. The van der Waals surface area contributed by atoms with Crippen molar-refractivity contribution in [3.05, 3.63) is 29.8 Å². The van der Waals surface area contributed by atoms with Crippen molar-refractivity contribution in [2.75, 3.05) is 18.9 Å². The Kier molecular flexibility index (Phi) is 4.52.